The first kappa shape index (κ1) is 30.0. The summed E-state index contributed by atoms with van der Waals surface area (Å²) in [5, 5.41) is 2.57. The molecule has 44 heavy (non-hydrogen) atoms. The summed E-state index contributed by atoms with van der Waals surface area (Å²) in [5.41, 5.74) is 0.0489. The molecular weight excluding hydrogens is 570 g/mol. The van der Waals surface area contributed by atoms with Gasteiger partial charge in [-0.1, -0.05) is 49.2 Å². The van der Waals surface area contributed by atoms with E-state index in [1.54, 1.807) is 11.7 Å². The van der Waals surface area contributed by atoms with E-state index < -0.39 is 23.0 Å². The molecule has 3 heterocycles. The van der Waals surface area contributed by atoms with Gasteiger partial charge in [-0.15, -0.1) is 0 Å². The molecule has 1 aliphatic carbocycles. The van der Waals surface area contributed by atoms with Crippen molar-refractivity contribution in [2.75, 3.05) is 26.8 Å². The number of methoxy groups -OCH3 is 1. The molecule has 6 rings (SSSR count). The summed E-state index contributed by atoms with van der Waals surface area (Å²) in [5.74, 6) is -2.43. The van der Waals surface area contributed by atoms with Crippen molar-refractivity contribution in [3.8, 4) is 5.75 Å². The van der Waals surface area contributed by atoms with Gasteiger partial charge in [0.25, 0.3) is 11.8 Å². The molecule has 0 radical (unpaired) electrons. The fraction of sp³-hybridized carbons (Fsp3) is 0.424. The minimum Gasteiger partial charge on any atom is -0.483 e. The Bertz CT molecular complexity index is 1600. The van der Waals surface area contributed by atoms with E-state index in [9.17, 15) is 23.2 Å². The number of fused-ring (bicyclic) bond motifs is 4. The Kier molecular flexibility index (Phi) is 8.76. The van der Waals surface area contributed by atoms with E-state index in [0.717, 1.165) is 49.9 Å². The van der Waals surface area contributed by atoms with E-state index in [1.807, 2.05) is 35.2 Å². The highest BCUT2D eigenvalue weighted by molar-refractivity contribution is 5.99. The van der Waals surface area contributed by atoms with Crippen molar-refractivity contribution in [3.05, 3.63) is 99.0 Å². The molecule has 0 spiro atoms. The van der Waals surface area contributed by atoms with Crippen molar-refractivity contribution in [1.29, 1.82) is 0 Å². The number of nitrogens with zero attached hydrogens (tertiary/aromatic N) is 3. The second-order valence-electron chi connectivity index (χ2n) is 11.7. The summed E-state index contributed by atoms with van der Waals surface area (Å²) in [6.45, 7) is 2.09. The lowest BCUT2D eigenvalue weighted by molar-refractivity contribution is -0.0789. The largest absolute Gasteiger partial charge is 0.483 e. The second-order valence-corrected chi connectivity index (χ2v) is 11.7. The van der Waals surface area contributed by atoms with E-state index in [-0.39, 0.29) is 53.8 Å². The number of halogens is 2. The van der Waals surface area contributed by atoms with Gasteiger partial charge in [0.2, 0.25) is 5.43 Å². The van der Waals surface area contributed by atoms with Gasteiger partial charge in [0.1, 0.15) is 30.0 Å². The van der Waals surface area contributed by atoms with Gasteiger partial charge in [0.05, 0.1) is 13.2 Å². The zero-order chi connectivity index (χ0) is 30.8. The highest BCUT2D eigenvalue weighted by Crippen LogP contribution is 2.39. The topological polar surface area (TPSA) is 93.1 Å². The standard InChI is InChI=1S/C33H36F2N4O5/c1-43-14-13-37-17-23-9-5-6-10-27(23)39-28(37)19-38-18-25(32(41)36-16-22-11-12-24(34)15-26(22)35)30(40)31(29(38)33(39)42)44-20-21-7-3-2-4-8-21/h2-4,7-8,11-12,15,18,23,27-28H,5-6,9-10,13-14,16-17,19-20H2,1H3,(H,36,41). The van der Waals surface area contributed by atoms with Crippen LogP contribution in [0.3, 0.4) is 0 Å². The summed E-state index contributed by atoms with van der Waals surface area (Å²) < 4.78 is 40.7. The quantitative estimate of drug-likeness (QED) is 0.397. The third-order valence-corrected chi connectivity index (χ3v) is 8.98. The molecule has 3 unspecified atom stereocenters. The lowest BCUT2D eigenvalue weighted by Gasteiger charge is -2.55. The van der Waals surface area contributed by atoms with Gasteiger partial charge in [0.15, 0.2) is 11.4 Å². The maximum atomic E-state index is 14.4. The van der Waals surface area contributed by atoms with Crippen molar-refractivity contribution < 1.29 is 27.8 Å². The van der Waals surface area contributed by atoms with E-state index in [4.69, 9.17) is 9.47 Å². The highest BCUT2D eigenvalue weighted by Gasteiger charge is 2.48. The van der Waals surface area contributed by atoms with Crippen LogP contribution in [0.15, 0.2) is 59.5 Å². The molecule has 9 nitrogen and oxygen atoms in total. The molecule has 0 bridgehead atoms. The normalized spacial score (nSPS) is 21.3. The predicted octanol–water partition coefficient (Wildman–Crippen LogP) is 3.94. The van der Waals surface area contributed by atoms with Crippen molar-refractivity contribution in [1.82, 2.24) is 19.7 Å². The molecule has 1 N–H and O–H groups in total. The average molecular weight is 607 g/mol. The van der Waals surface area contributed by atoms with E-state index in [0.29, 0.717) is 25.6 Å². The molecule has 11 heteroatoms. The molecule has 3 atom stereocenters. The van der Waals surface area contributed by atoms with Gasteiger partial charge in [-0.3, -0.25) is 19.3 Å². The zero-order valence-corrected chi connectivity index (χ0v) is 24.6. The summed E-state index contributed by atoms with van der Waals surface area (Å²) in [6, 6.07) is 12.4. The van der Waals surface area contributed by atoms with Gasteiger partial charge in [0, 0.05) is 50.6 Å². The average Bonchev–Trinajstić information content (AvgIpc) is 3.03. The number of rotatable bonds is 9. The summed E-state index contributed by atoms with van der Waals surface area (Å²) >= 11 is 0. The summed E-state index contributed by atoms with van der Waals surface area (Å²) in [4.78, 5) is 45.9. The van der Waals surface area contributed by atoms with Gasteiger partial charge < -0.3 is 24.3 Å². The summed E-state index contributed by atoms with van der Waals surface area (Å²) in [7, 11) is 1.65. The van der Waals surface area contributed by atoms with Gasteiger partial charge >= 0.3 is 0 Å². The highest BCUT2D eigenvalue weighted by atomic mass is 19.1. The molecule has 2 amide bonds. The molecule has 1 aromatic heterocycles. The number of benzene rings is 2. The van der Waals surface area contributed by atoms with Crippen LogP contribution < -0.4 is 15.5 Å². The lowest BCUT2D eigenvalue weighted by atomic mass is 9.80. The minimum absolute atomic E-state index is 0.0255. The molecule has 2 aliphatic heterocycles. The maximum Gasteiger partial charge on any atom is 0.276 e. The van der Waals surface area contributed by atoms with Crippen molar-refractivity contribution in [2.45, 2.75) is 57.6 Å². The Morgan fingerprint density at radius 1 is 1.05 bits per heavy atom. The summed E-state index contributed by atoms with van der Waals surface area (Å²) in [6.07, 6.45) is 5.21. The van der Waals surface area contributed by atoms with Crippen molar-refractivity contribution in [2.24, 2.45) is 5.92 Å². The Balaban J connectivity index is 1.38. The van der Waals surface area contributed by atoms with Gasteiger partial charge in [-0.2, -0.15) is 0 Å². The number of nitrogens with one attached hydrogen (secondary N) is 1. The third-order valence-electron chi connectivity index (χ3n) is 8.98. The number of amides is 2. The van der Waals surface area contributed by atoms with Gasteiger partial charge in [-0.05, 0) is 30.4 Å². The number of hydrogen-bond donors (Lipinski definition) is 1. The molecular formula is C33H36F2N4O5. The van der Waals surface area contributed by atoms with Gasteiger partial charge in [-0.25, -0.2) is 8.78 Å². The zero-order valence-electron chi connectivity index (χ0n) is 24.6. The SMILES string of the molecule is COCCN1CC2CCCCC2N2C(=O)c3c(OCc4ccccc4)c(=O)c(C(=O)NCc4ccc(F)cc4F)cn3CC12. The molecule has 2 aromatic carbocycles. The Morgan fingerprint density at radius 3 is 2.61 bits per heavy atom. The molecule has 2 fully saturated rings. The predicted molar refractivity (Wildman–Crippen MR) is 158 cm³/mol. The monoisotopic (exact) mass is 606 g/mol. The van der Waals surface area contributed by atoms with Crippen LogP contribution in [0, 0.1) is 17.6 Å². The van der Waals surface area contributed by atoms with Crippen molar-refractivity contribution >= 4 is 11.8 Å². The molecule has 1 saturated carbocycles. The first-order valence-electron chi connectivity index (χ1n) is 15.1. The number of carbonyl (C=O) groups excluding carboxylic acids is 2. The van der Waals surface area contributed by atoms with Crippen LogP contribution in [0.1, 0.15) is 57.7 Å². The Labute approximate surface area is 254 Å². The van der Waals surface area contributed by atoms with E-state index >= 15 is 0 Å². The van der Waals surface area contributed by atoms with Crippen LogP contribution in [0.5, 0.6) is 5.75 Å². The maximum absolute atomic E-state index is 14.4. The third kappa shape index (κ3) is 5.86. The smallest absolute Gasteiger partial charge is 0.276 e. The molecule has 3 aliphatic rings. The van der Waals surface area contributed by atoms with Crippen LogP contribution in [-0.4, -0.2) is 65.2 Å². The Morgan fingerprint density at radius 2 is 1.84 bits per heavy atom. The fourth-order valence-corrected chi connectivity index (χ4v) is 6.79. The number of ether oxygens (including phenoxy) is 2. The number of hydrogen-bond acceptors (Lipinski definition) is 6. The van der Waals surface area contributed by atoms with Crippen LogP contribution in [0.4, 0.5) is 8.78 Å². The first-order valence-corrected chi connectivity index (χ1v) is 15.1. The number of pyridine rings is 1. The molecule has 232 valence electrons. The van der Waals surface area contributed by atoms with Crippen molar-refractivity contribution in [3.63, 3.8) is 0 Å². The molecule has 3 aromatic rings. The van der Waals surface area contributed by atoms with Crippen LogP contribution in [0.25, 0.3) is 0 Å². The van der Waals surface area contributed by atoms with Crippen LogP contribution in [-0.2, 0) is 24.4 Å². The first-order chi connectivity index (χ1) is 21.4. The van der Waals surface area contributed by atoms with E-state index in [1.165, 1.54) is 12.3 Å². The second kappa shape index (κ2) is 12.9. The molecule has 1 saturated heterocycles. The van der Waals surface area contributed by atoms with E-state index in [2.05, 4.69) is 10.2 Å². The minimum atomic E-state index is -0.806. The van der Waals surface area contributed by atoms with Crippen LogP contribution >= 0.6 is 0 Å². The lowest BCUT2D eigenvalue weighted by Crippen LogP contribution is -2.68. The Hall–Kier alpha value is -4.09. The fourth-order valence-electron chi connectivity index (χ4n) is 6.79. The number of aromatic nitrogens is 1. The number of carbonyl (C=O) groups is 2. The van der Waals surface area contributed by atoms with Crippen LogP contribution in [0.2, 0.25) is 0 Å².